The van der Waals surface area contributed by atoms with Crippen LogP contribution in [0.15, 0.2) is 35.3 Å². The Morgan fingerprint density at radius 1 is 1.19 bits per heavy atom. The molecule has 0 amide bonds. The van der Waals surface area contributed by atoms with Gasteiger partial charge in [-0.2, -0.15) is 4.31 Å². The molecule has 4 rings (SSSR count). The van der Waals surface area contributed by atoms with Gasteiger partial charge in [-0.25, -0.2) is 12.8 Å². The zero-order valence-electron chi connectivity index (χ0n) is 14.0. The number of halogens is 2. The van der Waals surface area contributed by atoms with Gasteiger partial charge < -0.3 is 4.57 Å². The van der Waals surface area contributed by atoms with Crippen LogP contribution in [-0.2, 0) is 28.7 Å². The molecule has 1 aromatic carbocycles. The van der Waals surface area contributed by atoms with Gasteiger partial charge in [0, 0.05) is 36.4 Å². The van der Waals surface area contributed by atoms with Crippen molar-refractivity contribution in [2.75, 3.05) is 6.54 Å². The highest BCUT2D eigenvalue weighted by atomic mass is 35.5. The van der Waals surface area contributed by atoms with Gasteiger partial charge in [-0.15, -0.1) is 0 Å². The largest absolute Gasteiger partial charge is 0.312 e. The highest BCUT2D eigenvalue weighted by molar-refractivity contribution is 7.88. The van der Waals surface area contributed by atoms with Crippen LogP contribution in [-0.4, -0.2) is 23.8 Å². The van der Waals surface area contributed by atoms with Gasteiger partial charge in [0.2, 0.25) is 10.0 Å². The summed E-state index contributed by atoms with van der Waals surface area (Å²) in [5.74, 6) is -0.863. The first kappa shape index (κ1) is 17.7. The summed E-state index contributed by atoms with van der Waals surface area (Å²) >= 11 is 6.01. The number of benzene rings is 1. The second kappa shape index (κ2) is 6.48. The number of rotatable bonds is 4. The van der Waals surface area contributed by atoms with Crippen LogP contribution in [0.3, 0.4) is 0 Å². The van der Waals surface area contributed by atoms with Crippen LogP contribution in [0.4, 0.5) is 4.39 Å². The average Bonchev–Trinajstić information content (AvgIpc) is 3.42. The summed E-state index contributed by atoms with van der Waals surface area (Å²) in [6, 6.07) is 5.59. The number of pyridine rings is 1. The maximum Gasteiger partial charge on any atom is 0.251 e. The lowest BCUT2D eigenvalue weighted by Crippen LogP contribution is -2.38. The summed E-state index contributed by atoms with van der Waals surface area (Å²) in [6.45, 7) is 0.521. The average molecular weight is 397 g/mol. The molecule has 0 N–H and O–H groups in total. The molecular weight excluding hydrogens is 379 g/mol. The van der Waals surface area contributed by atoms with Gasteiger partial charge in [-0.3, -0.25) is 4.79 Å². The molecule has 2 aliphatic rings. The van der Waals surface area contributed by atoms with Crippen molar-refractivity contribution in [3.05, 3.63) is 68.3 Å². The van der Waals surface area contributed by atoms with Crippen LogP contribution in [0, 0.1) is 5.82 Å². The number of aromatic nitrogens is 1. The van der Waals surface area contributed by atoms with Gasteiger partial charge in [-0.1, -0.05) is 11.6 Å². The molecule has 8 heteroatoms. The zero-order valence-corrected chi connectivity index (χ0v) is 15.6. The summed E-state index contributed by atoms with van der Waals surface area (Å²) < 4.78 is 42.1. The molecule has 138 valence electrons. The normalized spacial score (nSPS) is 17.9. The third-order valence-corrected chi connectivity index (χ3v) is 7.06. The van der Waals surface area contributed by atoms with Crippen molar-refractivity contribution in [3.63, 3.8) is 0 Å². The molecule has 26 heavy (non-hydrogen) atoms. The maximum atomic E-state index is 13.4. The van der Waals surface area contributed by atoms with Crippen molar-refractivity contribution in [2.24, 2.45) is 0 Å². The molecule has 1 aromatic heterocycles. The Kier molecular flexibility index (Phi) is 4.41. The van der Waals surface area contributed by atoms with E-state index in [9.17, 15) is 17.6 Å². The van der Waals surface area contributed by atoms with E-state index in [-0.39, 0.29) is 34.5 Å². The lowest BCUT2D eigenvalue weighted by atomic mass is 10.0. The van der Waals surface area contributed by atoms with Crippen LogP contribution in [0.5, 0.6) is 0 Å². The van der Waals surface area contributed by atoms with E-state index in [1.165, 1.54) is 16.4 Å². The minimum atomic E-state index is -3.65. The molecule has 0 atom stereocenters. The lowest BCUT2D eigenvalue weighted by Gasteiger charge is -2.28. The van der Waals surface area contributed by atoms with E-state index in [2.05, 4.69) is 0 Å². The third-order valence-electron chi connectivity index (χ3n) is 4.92. The van der Waals surface area contributed by atoms with E-state index >= 15 is 0 Å². The van der Waals surface area contributed by atoms with E-state index in [1.807, 2.05) is 0 Å². The molecule has 1 aliphatic heterocycles. The van der Waals surface area contributed by atoms with Gasteiger partial charge >= 0.3 is 0 Å². The fourth-order valence-electron chi connectivity index (χ4n) is 3.34. The molecule has 0 saturated heterocycles. The molecule has 5 nitrogen and oxygen atoms in total. The van der Waals surface area contributed by atoms with Gasteiger partial charge in [-0.05, 0) is 54.2 Å². The first-order valence-corrected chi connectivity index (χ1v) is 10.5. The molecule has 0 radical (unpaired) electrons. The maximum absolute atomic E-state index is 13.4. The lowest BCUT2D eigenvalue weighted by molar-refractivity contribution is 0.388. The first-order chi connectivity index (χ1) is 12.3. The minimum Gasteiger partial charge on any atom is -0.312 e. The highest BCUT2D eigenvalue weighted by Crippen LogP contribution is 2.34. The number of hydrogen-bond donors (Lipinski definition) is 0. The van der Waals surface area contributed by atoms with Crippen LogP contribution in [0.2, 0.25) is 5.02 Å². The SMILES string of the molecule is O=c1cc2c(cn1C1CC1)CN(S(=O)(=O)Cc1cc(F)ccc1Cl)CC2. The Bertz CT molecular complexity index is 1030. The van der Waals surface area contributed by atoms with E-state index < -0.39 is 15.8 Å². The van der Waals surface area contributed by atoms with Crippen molar-refractivity contribution >= 4 is 21.6 Å². The Balaban J connectivity index is 1.60. The van der Waals surface area contributed by atoms with Crippen molar-refractivity contribution in [3.8, 4) is 0 Å². The number of hydrogen-bond acceptors (Lipinski definition) is 3. The summed E-state index contributed by atoms with van der Waals surface area (Å²) in [5, 5.41) is 0.231. The van der Waals surface area contributed by atoms with Crippen molar-refractivity contribution in [1.82, 2.24) is 8.87 Å². The van der Waals surface area contributed by atoms with Gasteiger partial charge in [0.05, 0.1) is 5.75 Å². The Hall–Kier alpha value is -1.70. The third kappa shape index (κ3) is 3.43. The van der Waals surface area contributed by atoms with Crippen LogP contribution >= 0.6 is 11.6 Å². The minimum absolute atomic E-state index is 0.0194. The fraction of sp³-hybridized carbons (Fsp3) is 0.389. The highest BCUT2D eigenvalue weighted by Gasteiger charge is 2.30. The predicted molar refractivity (Wildman–Crippen MR) is 97.1 cm³/mol. The van der Waals surface area contributed by atoms with Crippen LogP contribution in [0.25, 0.3) is 0 Å². The summed E-state index contributed by atoms with van der Waals surface area (Å²) in [4.78, 5) is 12.1. The molecule has 0 bridgehead atoms. The molecule has 0 spiro atoms. The smallest absolute Gasteiger partial charge is 0.251 e. The molecule has 1 saturated carbocycles. The van der Waals surface area contributed by atoms with Crippen molar-refractivity contribution < 1.29 is 12.8 Å². The second-order valence-electron chi connectivity index (χ2n) is 6.88. The summed E-state index contributed by atoms with van der Waals surface area (Å²) in [5.41, 5.74) is 1.99. The van der Waals surface area contributed by atoms with Gasteiger partial charge in [0.25, 0.3) is 5.56 Å². The zero-order chi connectivity index (χ0) is 18.5. The quantitative estimate of drug-likeness (QED) is 0.798. The van der Waals surface area contributed by atoms with Crippen LogP contribution < -0.4 is 5.56 Å². The van der Waals surface area contributed by atoms with Crippen LogP contribution in [0.1, 0.15) is 35.6 Å². The van der Waals surface area contributed by atoms with Crippen molar-refractivity contribution in [1.29, 1.82) is 0 Å². The second-order valence-corrected chi connectivity index (χ2v) is 9.25. The monoisotopic (exact) mass is 396 g/mol. The Morgan fingerprint density at radius 2 is 1.96 bits per heavy atom. The molecule has 2 heterocycles. The topological polar surface area (TPSA) is 59.4 Å². The first-order valence-electron chi connectivity index (χ1n) is 8.49. The molecule has 1 fully saturated rings. The number of nitrogens with zero attached hydrogens (tertiary/aromatic N) is 2. The Labute approximate surface area is 156 Å². The molecule has 1 aliphatic carbocycles. The number of sulfonamides is 1. The van der Waals surface area contributed by atoms with Crippen molar-refractivity contribution in [2.45, 2.75) is 37.6 Å². The summed E-state index contributed by atoms with van der Waals surface area (Å²) in [6.07, 6.45) is 4.26. The fourth-order valence-corrected chi connectivity index (χ4v) is 5.12. The number of fused-ring (bicyclic) bond motifs is 1. The molecule has 2 aromatic rings. The van der Waals surface area contributed by atoms with Gasteiger partial charge in [0.15, 0.2) is 0 Å². The summed E-state index contributed by atoms with van der Waals surface area (Å²) in [7, 11) is -3.65. The molecular formula is C18H18ClFN2O3S. The predicted octanol–water partition coefficient (Wildman–Crippen LogP) is 2.86. The molecule has 0 unspecified atom stereocenters. The standard InChI is InChI=1S/C18H18ClFN2O3S/c19-17-4-1-15(20)7-13(17)11-26(24,25)21-6-5-12-8-18(23)22(16-2-3-16)10-14(12)9-21/h1,4,7-8,10,16H,2-3,5-6,9,11H2. The van der Waals surface area contributed by atoms with E-state index in [1.54, 1.807) is 16.8 Å². The van der Waals surface area contributed by atoms with E-state index in [0.717, 1.165) is 30.0 Å². The van der Waals surface area contributed by atoms with Gasteiger partial charge in [0.1, 0.15) is 5.82 Å². The van der Waals surface area contributed by atoms with E-state index in [4.69, 9.17) is 11.6 Å². The Morgan fingerprint density at radius 3 is 2.69 bits per heavy atom. The van der Waals surface area contributed by atoms with E-state index in [0.29, 0.717) is 13.0 Å².